The second-order valence-electron chi connectivity index (χ2n) is 7.98. The maximum absolute atomic E-state index is 12.7. The van der Waals surface area contributed by atoms with Crippen molar-refractivity contribution in [3.05, 3.63) is 54.1 Å². The topological polar surface area (TPSA) is 50.2 Å². The van der Waals surface area contributed by atoms with Gasteiger partial charge >= 0.3 is 6.03 Å². The first-order valence-corrected chi connectivity index (χ1v) is 10.3. The van der Waals surface area contributed by atoms with Crippen molar-refractivity contribution in [2.24, 2.45) is 0 Å². The Balaban J connectivity index is 1.23. The molecule has 27 heavy (non-hydrogen) atoms. The average molecular weight is 367 g/mol. The highest BCUT2D eigenvalue weighted by atomic mass is 16.2. The molecule has 3 heterocycles. The van der Waals surface area contributed by atoms with E-state index < -0.39 is 0 Å². The number of unbranched alkanes of at least 4 members (excludes halogenated alkanes) is 1. The number of carbonyl (C=O) groups excluding carboxylic acids is 1. The Morgan fingerprint density at radius 2 is 1.89 bits per heavy atom. The Morgan fingerprint density at radius 3 is 2.56 bits per heavy atom. The summed E-state index contributed by atoms with van der Waals surface area (Å²) in [6.45, 7) is 3.75. The van der Waals surface area contributed by atoms with Crippen molar-refractivity contribution in [2.45, 2.75) is 70.0 Å². The van der Waals surface area contributed by atoms with Gasteiger partial charge < -0.3 is 14.8 Å². The number of nitrogens with zero attached hydrogens (tertiary/aromatic N) is 3. The van der Waals surface area contributed by atoms with Crippen LogP contribution < -0.4 is 5.32 Å². The molecule has 3 atom stereocenters. The summed E-state index contributed by atoms with van der Waals surface area (Å²) >= 11 is 0. The summed E-state index contributed by atoms with van der Waals surface area (Å²) in [7, 11) is 0. The van der Waals surface area contributed by atoms with E-state index in [1.165, 1.54) is 5.56 Å². The van der Waals surface area contributed by atoms with Crippen molar-refractivity contribution in [1.82, 2.24) is 19.8 Å². The third-order valence-electron chi connectivity index (χ3n) is 6.26. The Labute approximate surface area is 161 Å². The number of fused-ring (bicyclic) bond motifs is 2. The van der Waals surface area contributed by atoms with Crippen LogP contribution in [0.3, 0.4) is 0 Å². The maximum Gasteiger partial charge on any atom is 0.317 e. The first kappa shape index (κ1) is 18.1. The zero-order valence-corrected chi connectivity index (χ0v) is 16.2. The van der Waals surface area contributed by atoms with Gasteiger partial charge in [0.1, 0.15) is 5.82 Å². The van der Waals surface area contributed by atoms with Crippen LogP contribution in [0.2, 0.25) is 0 Å². The predicted molar refractivity (Wildman–Crippen MR) is 107 cm³/mol. The number of carbonyl (C=O) groups is 1. The molecule has 2 aliphatic rings. The average Bonchev–Trinajstić information content (AvgIpc) is 3.21. The molecule has 0 radical (unpaired) electrons. The summed E-state index contributed by atoms with van der Waals surface area (Å²) in [4.78, 5) is 19.1. The molecule has 1 N–H and O–H groups in total. The fourth-order valence-electron chi connectivity index (χ4n) is 4.84. The molecule has 1 aromatic carbocycles. The number of imidazole rings is 1. The van der Waals surface area contributed by atoms with E-state index in [0.717, 1.165) is 57.4 Å². The minimum Gasteiger partial charge on any atom is -0.338 e. The Hall–Kier alpha value is -2.30. The van der Waals surface area contributed by atoms with E-state index in [-0.39, 0.29) is 6.03 Å². The molecule has 0 saturated carbocycles. The van der Waals surface area contributed by atoms with Crippen molar-refractivity contribution >= 4 is 6.03 Å². The van der Waals surface area contributed by atoms with Crippen molar-refractivity contribution in [2.75, 3.05) is 6.54 Å². The van der Waals surface area contributed by atoms with Crippen molar-refractivity contribution in [3.8, 4) is 0 Å². The number of amides is 2. The fraction of sp³-hybridized carbons (Fsp3) is 0.545. The predicted octanol–water partition coefficient (Wildman–Crippen LogP) is 4.09. The summed E-state index contributed by atoms with van der Waals surface area (Å²) in [6, 6.07) is 11.8. The van der Waals surface area contributed by atoms with Gasteiger partial charge in [-0.2, -0.15) is 0 Å². The molecule has 5 nitrogen and oxygen atoms in total. The van der Waals surface area contributed by atoms with Gasteiger partial charge in [0.2, 0.25) is 0 Å². The van der Waals surface area contributed by atoms with Crippen LogP contribution in [-0.2, 0) is 6.54 Å². The summed E-state index contributed by atoms with van der Waals surface area (Å²) in [5.74, 6) is 1.66. The number of hydrogen-bond donors (Lipinski definition) is 1. The lowest BCUT2D eigenvalue weighted by molar-refractivity contribution is 0.138. The van der Waals surface area contributed by atoms with E-state index in [1.807, 2.05) is 19.3 Å². The molecule has 2 saturated heterocycles. The first-order valence-electron chi connectivity index (χ1n) is 10.3. The summed E-state index contributed by atoms with van der Waals surface area (Å²) < 4.78 is 2.16. The van der Waals surface area contributed by atoms with Crippen LogP contribution in [0.25, 0.3) is 0 Å². The lowest BCUT2D eigenvalue weighted by Crippen LogP contribution is -2.50. The molecule has 144 valence electrons. The summed E-state index contributed by atoms with van der Waals surface area (Å²) in [6.07, 6.45) is 10.4. The zero-order valence-electron chi connectivity index (χ0n) is 16.2. The van der Waals surface area contributed by atoms with Crippen LogP contribution in [-0.4, -0.2) is 39.1 Å². The van der Waals surface area contributed by atoms with E-state index in [2.05, 4.69) is 50.1 Å². The first-order chi connectivity index (χ1) is 13.2. The van der Waals surface area contributed by atoms with E-state index in [9.17, 15) is 4.79 Å². The highest BCUT2D eigenvalue weighted by Crippen LogP contribution is 2.42. The third kappa shape index (κ3) is 4.02. The summed E-state index contributed by atoms with van der Waals surface area (Å²) in [5, 5.41) is 3.16. The van der Waals surface area contributed by atoms with Gasteiger partial charge in [-0.25, -0.2) is 9.78 Å². The second-order valence-corrected chi connectivity index (χ2v) is 7.98. The number of urea groups is 1. The number of benzene rings is 1. The zero-order chi connectivity index (χ0) is 18.6. The number of nitrogens with one attached hydrogen (secondary N) is 1. The number of hydrogen-bond acceptors (Lipinski definition) is 2. The lowest BCUT2D eigenvalue weighted by atomic mass is 9.85. The second kappa shape index (κ2) is 8.15. The van der Waals surface area contributed by atoms with Gasteiger partial charge in [-0.15, -0.1) is 0 Å². The van der Waals surface area contributed by atoms with Crippen LogP contribution in [0, 0.1) is 6.92 Å². The Morgan fingerprint density at radius 1 is 1.15 bits per heavy atom. The van der Waals surface area contributed by atoms with Crippen molar-refractivity contribution in [3.63, 3.8) is 0 Å². The van der Waals surface area contributed by atoms with Crippen LogP contribution >= 0.6 is 0 Å². The molecule has 5 heteroatoms. The van der Waals surface area contributed by atoms with Gasteiger partial charge in [0.05, 0.1) is 0 Å². The molecule has 4 rings (SSSR count). The SMILES string of the molecule is Cc1nccn1CCCCNC(=O)N1[C@@H]2CC[C@H]1CC(c1ccccc1)C2. The van der Waals surface area contributed by atoms with E-state index >= 15 is 0 Å². The quantitative estimate of drug-likeness (QED) is 0.783. The third-order valence-corrected chi connectivity index (χ3v) is 6.26. The van der Waals surface area contributed by atoms with Gasteiger partial charge in [-0.1, -0.05) is 30.3 Å². The molecule has 0 aliphatic carbocycles. The minimum absolute atomic E-state index is 0.146. The number of aryl methyl sites for hydroxylation is 2. The smallest absolute Gasteiger partial charge is 0.317 e. The van der Waals surface area contributed by atoms with Crippen molar-refractivity contribution in [1.29, 1.82) is 0 Å². The van der Waals surface area contributed by atoms with Crippen LogP contribution in [0.15, 0.2) is 42.7 Å². The molecule has 2 aliphatic heterocycles. The van der Waals surface area contributed by atoms with Crippen molar-refractivity contribution < 1.29 is 4.79 Å². The largest absolute Gasteiger partial charge is 0.338 e. The number of rotatable bonds is 6. The highest BCUT2D eigenvalue weighted by molar-refractivity contribution is 5.75. The normalized spacial score (nSPS) is 24.2. The molecule has 2 amide bonds. The van der Waals surface area contributed by atoms with Gasteiger partial charge in [-0.05, 0) is 56.9 Å². The molecule has 1 unspecified atom stereocenters. The van der Waals surface area contributed by atoms with E-state index in [0.29, 0.717) is 18.0 Å². The van der Waals surface area contributed by atoms with Gasteiger partial charge in [0, 0.05) is 37.6 Å². The molecule has 0 spiro atoms. The van der Waals surface area contributed by atoms with E-state index in [4.69, 9.17) is 0 Å². The number of piperidine rings is 1. The standard InChI is InChI=1S/C22H30N4O/c1-17-23-12-14-25(17)13-6-5-11-24-22(27)26-20-9-10-21(26)16-19(15-20)18-7-3-2-4-8-18/h2-4,7-8,12,14,19-21H,5-6,9-11,13,15-16H2,1H3,(H,24,27)/t19?,20-,21+. The fourth-order valence-corrected chi connectivity index (χ4v) is 4.84. The molecular formula is C22H30N4O. The van der Waals surface area contributed by atoms with Crippen LogP contribution in [0.5, 0.6) is 0 Å². The molecule has 1 aromatic heterocycles. The van der Waals surface area contributed by atoms with Gasteiger partial charge in [-0.3, -0.25) is 0 Å². The van der Waals surface area contributed by atoms with Gasteiger partial charge in [0.25, 0.3) is 0 Å². The monoisotopic (exact) mass is 366 g/mol. The van der Waals surface area contributed by atoms with Gasteiger partial charge in [0.15, 0.2) is 0 Å². The molecule has 2 fully saturated rings. The molecule has 2 aromatic rings. The molecular weight excluding hydrogens is 336 g/mol. The maximum atomic E-state index is 12.7. The minimum atomic E-state index is 0.146. The Bertz CT molecular complexity index is 743. The Kier molecular flexibility index (Phi) is 5.46. The summed E-state index contributed by atoms with van der Waals surface area (Å²) in [5.41, 5.74) is 1.43. The van der Waals surface area contributed by atoms with E-state index in [1.54, 1.807) is 0 Å². The number of aromatic nitrogens is 2. The lowest BCUT2D eigenvalue weighted by Gasteiger charge is -2.39. The van der Waals surface area contributed by atoms with Crippen LogP contribution in [0.4, 0.5) is 4.79 Å². The van der Waals surface area contributed by atoms with Crippen LogP contribution in [0.1, 0.15) is 55.8 Å². The molecule has 2 bridgehead atoms. The highest BCUT2D eigenvalue weighted by Gasteiger charge is 2.43.